The number of ether oxygens (including phenoxy) is 1. The van der Waals surface area contributed by atoms with Crippen molar-refractivity contribution in [1.82, 2.24) is 0 Å². The highest BCUT2D eigenvalue weighted by Gasteiger charge is 2.21. The van der Waals surface area contributed by atoms with Gasteiger partial charge >= 0.3 is 5.97 Å². The quantitative estimate of drug-likeness (QED) is 0.899. The predicted octanol–water partition coefficient (Wildman–Crippen LogP) is 3.87. The van der Waals surface area contributed by atoms with E-state index in [2.05, 4.69) is 6.92 Å². The Morgan fingerprint density at radius 2 is 2.00 bits per heavy atom. The Kier molecular flexibility index (Phi) is 4.40. The van der Waals surface area contributed by atoms with Crippen LogP contribution >= 0.6 is 0 Å². The standard InChI is InChI=1S/C15H19FO3/c1-2-10-3-5-13(6-4-10)19-14-8-11(15(17)18)7-12(16)9-14/h7-10,13H,2-6H2,1H3,(H,17,18). The zero-order valence-corrected chi connectivity index (χ0v) is 11.1. The molecule has 1 aromatic rings. The summed E-state index contributed by atoms with van der Waals surface area (Å²) in [6, 6.07) is 3.64. The van der Waals surface area contributed by atoms with Crippen molar-refractivity contribution in [2.24, 2.45) is 5.92 Å². The second kappa shape index (κ2) is 6.04. The summed E-state index contributed by atoms with van der Waals surface area (Å²) in [5.41, 5.74) is -0.0720. The van der Waals surface area contributed by atoms with E-state index in [1.54, 1.807) is 0 Å². The van der Waals surface area contributed by atoms with Crippen LogP contribution in [0.1, 0.15) is 49.4 Å². The smallest absolute Gasteiger partial charge is 0.335 e. The zero-order valence-electron chi connectivity index (χ0n) is 11.1. The number of hydrogen-bond acceptors (Lipinski definition) is 2. The lowest BCUT2D eigenvalue weighted by Gasteiger charge is -2.28. The van der Waals surface area contributed by atoms with E-state index < -0.39 is 11.8 Å². The molecule has 0 heterocycles. The Labute approximate surface area is 112 Å². The van der Waals surface area contributed by atoms with Crippen molar-refractivity contribution in [3.63, 3.8) is 0 Å². The van der Waals surface area contributed by atoms with Crippen molar-refractivity contribution >= 4 is 5.97 Å². The van der Waals surface area contributed by atoms with Gasteiger partial charge in [-0.15, -0.1) is 0 Å². The monoisotopic (exact) mass is 266 g/mol. The van der Waals surface area contributed by atoms with E-state index in [0.29, 0.717) is 5.75 Å². The van der Waals surface area contributed by atoms with Crippen LogP contribution in [0.4, 0.5) is 4.39 Å². The molecule has 104 valence electrons. The lowest BCUT2D eigenvalue weighted by atomic mass is 9.86. The highest BCUT2D eigenvalue weighted by atomic mass is 19.1. The van der Waals surface area contributed by atoms with E-state index in [1.165, 1.54) is 18.6 Å². The number of benzene rings is 1. The van der Waals surface area contributed by atoms with Gasteiger partial charge in [0.15, 0.2) is 0 Å². The number of carboxylic acids is 1. The zero-order chi connectivity index (χ0) is 13.8. The summed E-state index contributed by atoms with van der Waals surface area (Å²) in [4.78, 5) is 10.9. The normalized spacial score (nSPS) is 23.1. The first-order valence-electron chi connectivity index (χ1n) is 6.79. The largest absolute Gasteiger partial charge is 0.490 e. The van der Waals surface area contributed by atoms with Gasteiger partial charge in [0.2, 0.25) is 0 Å². The second-order valence-electron chi connectivity index (χ2n) is 5.15. The third kappa shape index (κ3) is 3.69. The third-order valence-corrected chi connectivity index (χ3v) is 3.79. The van der Waals surface area contributed by atoms with Gasteiger partial charge in [0.1, 0.15) is 11.6 Å². The first-order chi connectivity index (χ1) is 9.08. The number of carbonyl (C=O) groups is 1. The Morgan fingerprint density at radius 3 is 2.58 bits per heavy atom. The van der Waals surface area contributed by atoms with E-state index in [-0.39, 0.29) is 11.7 Å². The first-order valence-corrected chi connectivity index (χ1v) is 6.79. The molecule has 0 unspecified atom stereocenters. The Bertz CT molecular complexity index is 451. The van der Waals surface area contributed by atoms with Crippen LogP contribution in [0.3, 0.4) is 0 Å². The van der Waals surface area contributed by atoms with Crippen LogP contribution in [-0.4, -0.2) is 17.2 Å². The Morgan fingerprint density at radius 1 is 1.32 bits per heavy atom. The van der Waals surface area contributed by atoms with E-state index in [9.17, 15) is 9.18 Å². The highest BCUT2D eigenvalue weighted by Crippen LogP contribution is 2.29. The molecule has 1 saturated carbocycles. The van der Waals surface area contributed by atoms with Gasteiger partial charge in [0.25, 0.3) is 0 Å². The molecule has 0 amide bonds. The lowest BCUT2D eigenvalue weighted by molar-refractivity contribution is 0.0694. The average molecular weight is 266 g/mol. The van der Waals surface area contributed by atoms with E-state index >= 15 is 0 Å². The van der Waals surface area contributed by atoms with E-state index in [1.807, 2.05) is 0 Å². The Balaban J connectivity index is 2.01. The molecule has 0 aliphatic heterocycles. The molecule has 2 rings (SSSR count). The number of hydrogen-bond donors (Lipinski definition) is 1. The van der Waals surface area contributed by atoms with Crippen LogP contribution in [0.25, 0.3) is 0 Å². The van der Waals surface area contributed by atoms with Crippen molar-refractivity contribution in [3.8, 4) is 5.75 Å². The minimum Gasteiger partial charge on any atom is -0.490 e. The molecule has 0 atom stereocenters. The lowest BCUT2D eigenvalue weighted by Crippen LogP contribution is -2.24. The summed E-state index contributed by atoms with van der Waals surface area (Å²) in [6.45, 7) is 2.19. The molecule has 0 spiro atoms. The SMILES string of the molecule is CCC1CCC(Oc2cc(F)cc(C(=O)O)c2)CC1. The van der Waals surface area contributed by atoms with Gasteiger partial charge in [-0.1, -0.05) is 13.3 Å². The maximum atomic E-state index is 13.3. The minimum absolute atomic E-state index is 0.0720. The van der Waals surface area contributed by atoms with Crippen molar-refractivity contribution < 1.29 is 19.0 Å². The molecule has 1 N–H and O–H groups in total. The molecule has 4 heteroatoms. The Hall–Kier alpha value is -1.58. The summed E-state index contributed by atoms with van der Waals surface area (Å²) < 4.78 is 19.0. The van der Waals surface area contributed by atoms with Crippen LogP contribution in [-0.2, 0) is 0 Å². The number of carboxylic acid groups (broad SMARTS) is 1. The molecule has 3 nitrogen and oxygen atoms in total. The summed E-state index contributed by atoms with van der Waals surface area (Å²) in [5, 5.41) is 8.88. The maximum Gasteiger partial charge on any atom is 0.335 e. The van der Waals surface area contributed by atoms with E-state index in [0.717, 1.165) is 37.7 Å². The number of halogens is 1. The second-order valence-corrected chi connectivity index (χ2v) is 5.15. The third-order valence-electron chi connectivity index (χ3n) is 3.79. The first kappa shape index (κ1) is 13.8. The van der Waals surface area contributed by atoms with Gasteiger partial charge in [-0.2, -0.15) is 0 Å². The molecular weight excluding hydrogens is 247 g/mol. The topological polar surface area (TPSA) is 46.5 Å². The van der Waals surface area contributed by atoms with Gasteiger partial charge in [0, 0.05) is 6.07 Å². The summed E-state index contributed by atoms with van der Waals surface area (Å²) >= 11 is 0. The van der Waals surface area contributed by atoms with Gasteiger partial charge in [-0.3, -0.25) is 0 Å². The average Bonchev–Trinajstić information content (AvgIpc) is 2.39. The fourth-order valence-electron chi connectivity index (χ4n) is 2.60. The molecule has 0 aromatic heterocycles. The van der Waals surface area contributed by atoms with Gasteiger partial charge < -0.3 is 9.84 Å². The molecule has 0 radical (unpaired) electrons. The molecule has 1 aromatic carbocycles. The van der Waals surface area contributed by atoms with Crippen LogP contribution < -0.4 is 4.74 Å². The van der Waals surface area contributed by atoms with Crippen LogP contribution in [0.15, 0.2) is 18.2 Å². The molecule has 0 saturated heterocycles. The number of aromatic carboxylic acids is 1. The molecule has 1 aliphatic carbocycles. The van der Waals surface area contributed by atoms with Crippen LogP contribution in [0, 0.1) is 11.7 Å². The highest BCUT2D eigenvalue weighted by molar-refractivity contribution is 5.88. The van der Waals surface area contributed by atoms with Crippen LogP contribution in [0.2, 0.25) is 0 Å². The minimum atomic E-state index is -1.14. The molecule has 1 aliphatic rings. The fraction of sp³-hybridized carbons (Fsp3) is 0.533. The summed E-state index contributed by atoms with van der Waals surface area (Å²) in [7, 11) is 0. The van der Waals surface area contributed by atoms with Gasteiger partial charge in [-0.25, -0.2) is 9.18 Å². The van der Waals surface area contributed by atoms with E-state index in [4.69, 9.17) is 9.84 Å². The molecular formula is C15H19FO3. The van der Waals surface area contributed by atoms with Gasteiger partial charge in [0.05, 0.1) is 11.7 Å². The van der Waals surface area contributed by atoms with Crippen molar-refractivity contribution in [1.29, 1.82) is 0 Å². The maximum absolute atomic E-state index is 13.3. The molecule has 1 fully saturated rings. The van der Waals surface area contributed by atoms with Gasteiger partial charge in [-0.05, 0) is 43.7 Å². The summed E-state index contributed by atoms with van der Waals surface area (Å²) in [6.07, 6.45) is 5.43. The van der Waals surface area contributed by atoms with Crippen molar-refractivity contribution in [2.45, 2.75) is 45.1 Å². The number of rotatable bonds is 4. The van der Waals surface area contributed by atoms with Crippen molar-refractivity contribution in [3.05, 3.63) is 29.6 Å². The van der Waals surface area contributed by atoms with Crippen LogP contribution in [0.5, 0.6) is 5.75 Å². The summed E-state index contributed by atoms with van der Waals surface area (Å²) in [5.74, 6) is -0.629. The molecule has 19 heavy (non-hydrogen) atoms. The molecule has 0 bridgehead atoms. The van der Waals surface area contributed by atoms with Crippen molar-refractivity contribution in [2.75, 3.05) is 0 Å². The predicted molar refractivity (Wildman–Crippen MR) is 70.0 cm³/mol. The fourth-order valence-corrected chi connectivity index (χ4v) is 2.60.